The third-order valence-electron chi connectivity index (χ3n) is 2.84. The molecule has 6 nitrogen and oxygen atoms in total. The Morgan fingerprint density at radius 1 is 1.13 bits per heavy atom. The first-order chi connectivity index (χ1) is 10.9. The molecule has 0 unspecified atom stereocenters. The number of hydrogen-bond acceptors (Lipinski definition) is 4. The zero-order valence-electron chi connectivity index (χ0n) is 12.1. The quantitative estimate of drug-likeness (QED) is 0.664. The average Bonchev–Trinajstić information content (AvgIpc) is 2.48. The summed E-state index contributed by atoms with van der Waals surface area (Å²) in [6.07, 6.45) is 0. The summed E-state index contributed by atoms with van der Waals surface area (Å²) in [6.45, 7) is 1.23. The molecule has 23 heavy (non-hydrogen) atoms. The van der Waals surface area contributed by atoms with Gasteiger partial charge in [-0.05, 0) is 36.4 Å². The molecule has 0 heterocycles. The minimum atomic E-state index is -0.607. The molecule has 0 saturated heterocycles. The summed E-state index contributed by atoms with van der Waals surface area (Å²) < 4.78 is 4.99. The Morgan fingerprint density at radius 3 is 2.52 bits per heavy atom. The van der Waals surface area contributed by atoms with E-state index in [1.807, 2.05) is 0 Å². The molecular formula is C16H13ClN2O4. The molecule has 2 aromatic carbocycles. The lowest BCUT2D eigenvalue weighted by molar-refractivity contribution is -0.131. The summed E-state index contributed by atoms with van der Waals surface area (Å²) in [6, 6.07) is 10.5. The van der Waals surface area contributed by atoms with Crippen LogP contribution in [0.5, 0.6) is 5.75 Å². The molecule has 0 aliphatic heterocycles. The summed E-state index contributed by atoms with van der Waals surface area (Å²) >= 11 is 5.89. The monoisotopic (exact) mass is 332 g/mol. The molecule has 2 amide bonds. The van der Waals surface area contributed by atoms with Gasteiger partial charge in [0.1, 0.15) is 5.75 Å². The maximum atomic E-state index is 12.4. The van der Waals surface area contributed by atoms with Crippen LogP contribution in [0.3, 0.4) is 0 Å². The SMILES string of the molecule is CC(=O)Oc1ccc(Cl)cc1C(=O)Nc1cccc(C(N)=O)c1. The van der Waals surface area contributed by atoms with Crippen LogP contribution in [0.15, 0.2) is 42.5 Å². The van der Waals surface area contributed by atoms with Crippen LogP contribution in [0.4, 0.5) is 5.69 Å². The fraction of sp³-hybridized carbons (Fsp3) is 0.0625. The first-order valence-electron chi connectivity index (χ1n) is 6.56. The van der Waals surface area contributed by atoms with Crippen molar-refractivity contribution >= 4 is 35.1 Å². The lowest BCUT2D eigenvalue weighted by atomic mass is 10.1. The molecule has 118 valence electrons. The Hall–Kier alpha value is -2.86. The number of amides is 2. The number of hydrogen-bond donors (Lipinski definition) is 2. The maximum Gasteiger partial charge on any atom is 0.308 e. The second-order valence-electron chi connectivity index (χ2n) is 4.63. The molecule has 0 radical (unpaired) electrons. The smallest absolute Gasteiger partial charge is 0.308 e. The predicted molar refractivity (Wildman–Crippen MR) is 85.7 cm³/mol. The number of carbonyl (C=O) groups is 3. The zero-order valence-corrected chi connectivity index (χ0v) is 12.9. The van der Waals surface area contributed by atoms with E-state index in [0.29, 0.717) is 10.7 Å². The lowest BCUT2D eigenvalue weighted by Gasteiger charge is -2.10. The van der Waals surface area contributed by atoms with Crippen LogP contribution >= 0.6 is 11.6 Å². The van der Waals surface area contributed by atoms with Crippen LogP contribution in [-0.4, -0.2) is 17.8 Å². The highest BCUT2D eigenvalue weighted by Crippen LogP contribution is 2.24. The van der Waals surface area contributed by atoms with Crippen molar-refractivity contribution in [3.05, 3.63) is 58.6 Å². The second-order valence-corrected chi connectivity index (χ2v) is 5.07. The second kappa shape index (κ2) is 6.93. The molecule has 0 spiro atoms. The molecule has 0 atom stereocenters. The van der Waals surface area contributed by atoms with E-state index < -0.39 is 17.8 Å². The van der Waals surface area contributed by atoms with Crippen LogP contribution < -0.4 is 15.8 Å². The van der Waals surface area contributed by atoms with E-state index >= 15 is 0 Å². The van der Waals surface area contributed by atoms with Gasteiger partial charge in [0.15, 0.2) is 0 Å². The fourth-order valence-electron chi connectivity index (χ4n) is 1.87. The minimum absolute atomic E-state index is 0.0884. The summed E-state index contributed by atoms with van der Waals surface area (Å²) in [5.74, 6) is -1.61. The van der Waals surface area contributed by atoms with E-state index in [9.17, 15) is 14.4 Å². The van der Waals surface area contributed by atoms with Crippen molar-refractivity contribution in [3.8, 4) is 5.75 Å². The van der Waals surface area contributed by atoms with Gasteiger partial charge in [-0.25, -0.2) is 0 Å². The van der Waals surface area contributed by atoms with Crippen molar-refractivity contribution < 1.29 is 19.1 Å². The van der Waals surface area contributed by atoms with E-state index in [2.05, 4.69) is 5.32 Å². The number of ether oxygens (including phenoxy) is 1. The molecule has 2 rings (SSSR count). The first kappa shape index (κ1) is 16.5. The van der Waals surface area contributed by atoms with Gasteiger partial charge in [0.25, 0.3) is 5.91 Å². The highest BCUT2D eigenvalue weighted by atomic mass is 35.5. The summed E-state index contributed by atoms with van der Waals surface area (Å²) in [5.41, 5.74) is 5.92. The van der Waals surface area contributed by atoms with Crippen LogP contribution in [-0.2, 0) is 4.79 Å². The van der Waals surface area contributed by atoms with Crippen LogP contribution in [0.2, 0.25) is 5.02 Å². The zero-order chi connectivity index (χ0) is 17.0. The van der Waals surface area contributed by atoms with Gasteiger partial charge in [0.2, 0.25) is 5.91 Å². The van der Waals surface area contributed by atoms with Crippen LogP contribution in [0.25, 0.3) is 0 Å². The molecule has 0 aliphatic rings. The van der Waals surface area contributed by atoms with E-state index in [1.165, 1.54) is 37.3 Å². The number of nitrogens with two attached hydrogens (primary N) is 1. The van der Waals surface area contributed by atoms with Gasteiger partial charge in [-0.15, -0.1) is 0 Å². The van der Waals surface area contributed by atoms with Crippen molar-refractivity contribution in [2.75, 3.05) is 5.32 Å². The number of anilines is 1. The molecule has 0 bridgehead atoms. The van der Waals surface area contributed by atoms with Crippen molar-refractivity contribution in [3.63, 3.8) is 0 Å². The molecule has 0 saturated carbocycles. The van der Waals surface area contributed by atoms with Crippen LogP contribution in [0, 0.1) is 0 Å². The number of rotatable bonds is 4. The largest absolute Gasteiger partial charge is 0.426 e. The Morgan fingerprint density at radius 2 is 1.87 bits per heavy atom. The number of halogens is 1. The Labute approximate surface area is 137 Å². The van der Waals surface area contributed by atoms with Gasteiger partial charge < -0.3 is 15.8 Å². The predicted octanol–water partition coefficient (Wildman–Crippen LogP) is 2.62. The van der Waals surface area contributed by atoms with Gasteiger partial charge >= 0.3 is 5.97 Å². The highest BCUT2D eigenvalue weighted by molar-refractivity contribution is 6.31. The fourth-order valence-corrected chi connectivity index (χ4v) is 2.04. The van der Waals surface area contributed by atoms with Crippen molar-refractivity contribution in [1.29, 1.82) is 0 Å². The summed E-state index contributed by atoms with van der Waals surface area (Å²) in [7, 11) is 0. The van der Waals surface area contributed by atoms with E-state index in [0.717, 1.165) is 0 Å². The van der Waals surface area contributed by atoms with Gasteiger partial charge in [0, 0.05) is 23.2 Å². The van der Waals surface area contributed by atoms with Crippen molar-refractivity contribution in [2.45, 2.75) is 6.92 Å². The van der Waals surface area contributed by atoms with Gasteiger partial charge in [0.05, 0.1) is 5.56 Å². The first-order valence-corrected chi connectivity index (χ1v) is 6.94. The molecular weight excluding hydrogens is 320 g/mol. The molecule has 7 heteroatoms. The van der Waals surface area contributed by atoms with Crippen molar-refractivity contribution in [2.24, 2.45) is 5.73 Å². The summed E-state index contributed by atoms with van der Waals surface area (Å²) in [4.78, 5) is 34.6. The number of carbonyl (C=O) groups excluding carboxylic acids is 3. The average molecular weight is 333 g/mol. The highest BCUT2D eigenvalue weighted by Gasteiger charge is 2.15. The maximum absolute atomic E-state index is 12.4. The van der Waals surface area contributed by atoms with Gasteiger partial charge in [-0.3, -0.25) is 14.4 Å². The number of primary amides is 1. The molecule has 0 aliphatic carbocycles. The van der Waals surface area contributed by atoms with Crippen molar-refractivity contribution in [1.82, 2.24) is 0 Å². The normalized spacial score (nSPS) is 10.0. The van der Waals surface area contributed by atoms with E-state index in [1.54, 1.807) is 12.1 Å². The Balaban J connectivity index is 2.30. The third kappa shape index (κ3) is 4.31. The Bertz CT molecular complexity index is 789. The lowest BCUT2D eigenvalue weighted by Crippen LogP contribution is -2.16. The number of nitrogens with one attached hydrogen (secondary N) is 1. The molecule has 0 aromatic heterocycles. The minimum Gasteiger partial charge on any atom is -0.426 e. The number of esters is 1. The summed E-state index contributed by atoms with van der Waals surface area (Å²) in [5, 5.41) is 2.91. The van der Waals surface area contributed by atoms with E-state index in [-0.39, 0.29) is 16.9 Å². The van der Waals surface area contributed by atoms with E-state index in [4.69, 9.17) is 22.1 Å². The topological polar surface area (TPSA) is 98.5 Å². The van der Waals surface area contributed by atoms with Crippen LogP contribution in [0.1, 0.15) is 27.6 Å². The number of benzene rings is 2. The molecule has 2 aromatic rings. The molecule has 0 fully saturated rings. The Kier molecular flexibility index (Phi) is 4.98. The van der Waals surface area contributed by atoms with Gasteiger partial charge in [-0.2, -0.15) is 0 Å². The standard InChI is InChI=1S/C16H13ClN2O4/c1-9(20)23-14-6-5-11(17)8-13(14)16(22)19-12-4-2-3-10(7-12)15(18)21/h2-8H,1H3,(H2,18,21)(H,19,22). The third-order valence-corrected chi connectivity index (χ3v) is 3.08. The van der Waals surface area contributed by atoms with Gasteiger partial charge in [-0.1, -0.05) is 17.7 Å². The molecule has 3 N–H and O–H groups in total.